The van der Waals surface area contributed by atoms with Gasteiger partial charge in [0, 0.05) is 38.5 Å². The van der Waals surface area contributed by atoms with E-state index < -0.39 is 12.1 Å². The van der Waals surface area contributed by atoms with Gasteiger partial charge in [-0.15, -0.1) is 0 Å². The van der Waals surface area contributed by atoms with Gasteiger partial charge in [0.05, 0.1) is 5.52 Å². The van der Waals surface area contributed by atoms with Crippen LogP contribution in [0.3, 0.4) is 0 Å². The Morgan fingerprint density at radius 1 is 1.23 bits per heavy atom. The van der Waals surface area contributed by atoms with Crippen molar-refractivity contribution in [2.24, 2.45) is 12.5 Å². The predicted octanol–water partition coefficient (Wildman–Crippen LogP) is 2.90. The maximum absolute atomic E-state index is 12.3. The van der Waals surface area contributed by atoms with Gasteiger partial charge in [-0.3, -0.25) is 19.7 Å². The number of urea groups is 1. The molecule has 4 rings (SSSR count). The third-order valence-electron chi connectivity index (χ3n) is 6.20. The number of carbonyl (C=O) groups excluding carboxylic acids is 2. The number of carboxylic acid groups (broad SMARTS) is 1. The first kappa shape index (κ1) is 20.9. The lowest BCUT2D eigenvalue weighted by Crippen LogP contribution is -2.49. The highest BCUT2D eigenvalue weighted by Crippen LogP contribution is 2.36. The molecular formula is C22H27N5O4. The summed E-state index contributed by atoms with van der Waals surface area (Å²) in [7, 11) is 1.85. The number of anilines is 1. The summed E-state index contributed by atoms with van der Waals surface area (Å²) in [4.78, 5) is 37.8. The third-order valence-corrected chi connectivity index (χ3v) is 6.20. The molecule has 2 aliphatic heterocycles. The molecule has 0 spiro atoms. The van der Waals surface area contributed by atoms with Crippen molar-refractivity contribution in [3.05, 3.63) is 35.4 Å². The Labute approximate surface area is 180 Å². The highest BCUT2D eigenvalue weighted by atomic mass is 16.4. The number of amides is 4. The number of nitrogens with zero attached hydrogens (tertiary/aromatic N) is 4. The molecule has 3 heterocycles. The zero-order valence-electron chi connectivity index (χ0n) is 18.0. The van der Waals surface area contributed by atoms with Crippen LogP contribution in [0.4, 0.5) is 15.4 Å². The molecule has 0 atom stereocenters. The van der Waals surface area contributed by atoms with Crippen LogP contribution in [0, 0.1) is 5.41 Å². The van der Waals surface area contributed by atoms with Gasteiger partial charge in [0.2, 0.25) is 5.91 Å². The van der Waals surface area contributed by atoms with Gasteiger partial charge in [-0.2, -0.15) is 5.10 Å². The number of rotatable bonds is 4. The lowest BCUT2D eigenvalue weighted by molar-refractivity contribution is -0.120. The molecule has 0 bridgehead atoms. The zero-order chi connectivity index (χ0) is 22.3. The van der Waals surface area contributed by atoms with Crippen molar-refractivity contribution in [1.29, 1.82) is 0 Å². The van der Waals surface area contributed by atoms with Crippen molar-refractivity contribution in [1.82, 2.24) is 20.0 Å². The minimum Gasteiger partial charge on any atom is -0.465 e. The SMILES string of the molecule is Cn1nc(N2CCC(=O)NC2=O)c2ccc(CC(C)(C)C3=CCN(C(=O)O)CC3)cc21. The van der Waals surface area contributed by atoms with E-state index in [9.17, 15) is 14.4 Å². The topological polar surface area (TPSA) is 108 Å². The number of aryl methyl sites for hydroxylation is 1. The van der Waals surface area contributed by atoms with Crippen LogP contribution in [-0.2, 0) is 18.3 Å². The number of nitrogens with one attached hydrogen (secondary N) is 1. The van der Waals surface area contributed by atoms with E-state index in [0.29, 0.717) is 25.5 Å². The van der Waals surface area contributed by atoms with E-state index >= 15 is 0 Å². The molecule has 1 fully saturated rings. The summed E-state index contributed by atoms with van der Waals surface area (Å²) in [6, 6.07) is 5.68. The number of hydrogen-bond donors (Lipinski definition) is 2. The Morgan fingerprint density at radius 3 is 2.65 bits per heavy atom. The molecule has 1 aromatic heterocycles. The monoisotopic (exact) mass is 425 g/mol. The van der Waals surface area contributed by atoms with Crippen LogP contribution in [0.25, 0.3) is 10.9 Å². The summed E-state index contributed by atoms with van der Waals surface area (Å²) in [6.07, 6.45) is 2.96. The summed E-state index contributed by atoms with van der Waals surface area (Å²) in [5, 5.41) is 16.9. The van der Waals surface area contributed by atoms with E-state index in [-0.39, 0.29) is 17.7 Å². The first-order valence-corrected chi connectivity index (χ1v) is 10.4. The van der Waals surface area contributed by atoms with Crippen molar-refractivity contribution in [2.45, 2.75) is 33.1 Å². The number of imide groups is 1. The molecule has 1 aromatic carbocycles. The van der Waals surface area contributed by atoms with E-state index in [0.717, 1.165) is 29.3 Å². The molecule has 1 saturated heterocycles. The molecule has 2 N–H and O–H groups in total. The van der Waals surface area contributed by atoms with Crippen LogP contribution >= 0.6 is 0 Å². The second-order valence-corrected chi connectivity index (χ2v) is 8.82. The summed E-state index contributed by atoms with van der Waals surface area (Å²) < 4.78 is 1.76. The fourth-order valence-electron chi connectivity index (χ4n) is 4.44. The maximum Gasteiger partial charge on any atom is 0.407 e. The van der Waals surface area contributed by atoms with Gasteiger partial charge >= 0.3 is 12.1 Å². The van der Waals surface area contributed by atoms with E-state index in [2.05, 4.69) is 36.4 Å². The molecule has 31 heavy (non-hydrogen) atoms. The average molecular weight is 425 g/mol. The Morgan fingerprint density at radius 2 is 2.00 bits per heavy atom. The normalized spacial score (nSPS) is 17.7. The van der Waals surface area contributed by atoms with Crippen LogP contribution in [-0.4, -0.2) is 57.5 Å². The summed E-state index contributed by atoms with van der Waals surface area (Å²) in [6.45, 7) is 5.63. The number of hydrogen-bond acceptors (Lipinski definition) is 4. The standard InChI is InChI=1S/C22H27N5O4/c1-22(2,15-6-9-26(10-7-15)21(30)31)13-14-4-5-16-17(12-14)25(3)24-19(16)27-11-8-18(28)23-20(27)29/h4-6,12H,7-11,13H2,1-3H3,(H,30,31)(H,23,28,29). The molecule has 9 nitrogen and oxygen atoms in total. The molecule has 164 valence electrons. The van der Waals surface area contributed by atoms with Crippen LogP contribution in [0.1, 0.15) is 32.3 Å². The number of benzene rings is 1. The Hall–Kier alpha value is -3.36. The van der Waals surface area contributed by atoms with Crippen molar-refractivity contribution in [3.63, 3.8) is 0 Å². The molecule has 0 aliphatic carbocycles. The Balaban J connectivity index is 1.57. The van der Waals surface area contributed by atoms with Gasteiger partial charge in [-0.1, -0.05) is 31.6 Å². The Kier molecular flexibility index (Phi) is 5.20. The van der Waals surface area contributed by atoms with Gasteiger partial charge in [0.1, 0.15) is 0 Å². The molecule has 9 heteroatoms. The van der Waals surface area contributed by atoms with Crippen LogP contribution < -0.4 is 10.2 Å². The maximum atomic E-state index is 12.3. The molecule has 2 aromatic rings. The first-order valence-electron chi connectivity index (χ1n) is 10.4. The molecule has 0 unspecified atom stereocenters. The number of carbonyl (C=O) groups is 3. The lowest BCUT2D eigenvalue weighted by Gasteiger charge is -2.33. The lowest BCUT2D eigenvalue weighted by atomic mass is 9.76. The van der Waals surface area contributed by atoms with E-state index in [1.54, 1.807) is 4.68 Å². The van der Waals surface area contributed by atoms with E-state index in [1.807, 2.05) is 19.2 Å². The van der Waals surface area contributed by atoms with E-state index in [1.165, 1.54) is 15.4 Å². The minimum absolute atomic E-state index is 0.104. The number of fused-ring (bicyclic) bond motifs is 1. The highest BCUT2D eigenvalue weighted by molar-refractivity contribution is 6.08. The summed E-state index contributed by atoms with van der Waals surface area (Å²) in [5.41, 5.74) is 3.23. The van der Waals surface area contributed by atoms with Gasteiger partial charge in [-0.25, -0.2) is 9.59 Å². The van der Waals surface area contributed by atoms with Crippen LogP contribution in [0.15, 0.2) is 29.8 Å². The van der Waals surface area contributed by atoms with Gasteiger partial charge in [-0.05, 0) is 36.0 Å². The largest absolute Gasteiger partial charge is 0.465 e. The predicted molar refractivity (Wildman–Crippen MR) is 116 cm³/mol. The smallest absolute Gasteiger partial charge is 0.407 e. The summed E-state index contributed by atoms with van der Waals surface area (Å²) in [5.74, 6) is 0.284. The van der Waals surface area contributed by atoms with Crippen molar-refractivity contribution in [3.8, 4) is 0 Å². The zero-order valence-corrected chi connectivity index (χ0v) is 18.0. The van der Waals surface area contributed by atoms with Crippen LogP contribution in [0.5, 0.6) is 0 Å². The fourth-order valence-corrected chi connectivity index (χ4v) is 4.44. The third kappa shape index (κ3) is 3.99. The van der Waals surface area contributed by atoms with Crippen molar-refractivity contribution in [2.75, 3.05) is 24.5 Å². The Bertz CT molecular complexity index is 1100. The van der Waals surface area contributed by atoms with Gasteiger partial charge < -0.3 is 10.0 Å². The van der Waals surface area contributed by atoms with E-state index in [4.69, 9.17) is 5.11 Å². The van der Waals surface area contributed by atoms with Crippen molar-refractivity contribution >= 4 is 34.8 Å². The van der Waals surface area contributed by atoms with Gasteiger partial charge in [0.25, 0.3) is 0 Å². The summed E-state index contributed by atoms with van der Waals surface area (Å²) >= 11 is 0. The molecule has 4 amide bonds. The number of aromatic nitrogens is 2. The molecule has 2 aliphatic rings. The molecule has 0 radical (unpaired) electrons. The minimum atomic E-state index is -0.877. The molecular weight excluding hydrogens is 398 g/mol. The van der Waals surface area contributed by atoms with Crippen molar-refractivity contribution < 1.29 is 19.5 Å². The first-order chi connectivity index (χ1) is 14.7. The second kappa shape index (κ2) is 7.72. The average Bonchev–Trinajstić information content (AvgIpc) is 3.03. The fraction of sp³-hybridized carbons (Fsp3) is 0.455. The molecule has 0 saturated carbocycles. The quantitative estimate of drug-likeness (QED) is 0.733. The second-order valence-electron chi connectivity index (χ2n) is 8.82. The van der Waals surface area contributed by atoms with Gasteiger partial charge in [0.15, 0.2) is 5.82 Å². The highest BCUT2D eigenvalue weighted by Gasteiger charge is 2.30. The van der Waals surface area contributed by atoms with Crippen LogP contribution in [0.2, 0.25) is 0 Å².